The van der Waals surface area contributed by atoms with E-state index >= 15 is 0 Å². The molecule has 5 N–H and O–H groups in total. The Hall–Kier alpha value is -1.69. The predicted molar refractivity (Wildman–Crippen MR) is 76.2 cm³/mol. The summed E-state index contributed by atoms with van der Waals surface area (Å²) in [5.41, 5.74) is 9.36. The van der Waals surface area contributed by atoms with Crippen LogP contribution in [-0.4, -0.2) is 20.3 Å². The van der Waals surface area contributed by atoms with E-state index in [1.807, 2.05) is 0 Å². The Morgan fingerprint density at radius 3 is 2.79 bits per heavy atom. The summed E-state index contributed by atoms with van der Waals surface area (Å²) in [6.07, 6.45) is 3.38. The molecule has 2 aromatic heterocycles. The topological polar surface area (TPSA) is 90.7 Å². The quantitative estimate of drug-likeness (QED) is 0.548. The molecule has 0 radical (unpaired) electrons. The molecule has 0 atom stereocenters. The number of aromatic nitrogens is 3. The zero-order valence-electron chi connectivity index (χ0n) is 9.67. The first-order valence-corrected chi connectivity index (χ1v) is 6.27. The summed E-state index contributed by atoms with van der Waals surface area (Å²) in [4.78, 5) is 3.06. The zero-order valence-corrected chi connectivity index (χ0v) is 11.2. The molecule has 19 heavy (non-hydrogen) atoms. The molecule has 3 rings (SSSR count). The maximum Gasteiger partial charge on any atom is 0.0837 e. The van der Waals surface area contributed by atoms with Gasteiger partial charge in [0.15, 0.2) is 0 Å². The number of H-pyrrole nitrogens is 2. The van der Waals surface area contributed by atoms with Crippen molar-refractivity contribution in [2.45, 2.75) is 6.61 Å². The second-order valence-corrected chi connectivity index (χ2v) is 4.92. The third-order valence-electron chi connectivity index (χ3n) is 3.02. The molecule has 98 valence electrons. The number of aliphatic hydroxyl groups is 1. The zero-order chi connectivity index (χ0) is 13.6. The molecule has 2 heterocycles. The van der Waals surface area contributed by atoms with Crippen molar-refractivity contribution in [3.05, 3.63) is 34.2 Å². The van der Waals surface area contributed by atoms with Gasteiger partial charge in [0.2, 0.25) is 0 Å². The van der Waals surface area contributed by atoms with Crippen molar-refractivity contribution in [1.82, 2.24) is 15.2 Å². The fourth-order valence-electron chi connectivity index (χ4n) is 2.22. The largest absolute Gasteiger partial charge is 0.398 e. The van der Waals surface area contributed by atoms with Crippen LogP contribution in [0.5, 0.6) is 0 Å². The van der Waals surface area contributed by atoms with Crippen molar-refractivity contribution in [3.8, 4) is 11.1 Å². The molecule has 0 bridgehead atoms. The van der Waals surface area contributed by atoms with E-state index in [0.717, 1.165) is 16.5 Å². The van der Waals surface area contributed by atoms with Crippen LogP contribution in [0.4, 0.5) is 5.69 Å². The van der Waals surface area contributed by atoms with Crippen LogP contribution in [0.15, 0.2) is 18.5 Å². The van der Waals surface area contributed by atoms with Crippen molar-refractivity contribution >= 4 is 39.8 Å². The number of anilines is 1. The summed E-state index contributed by atoms with van der Waals surface area (Å²) in [7, 11) is 0. The third kappa shape index (κ3) is 1.78. The third-order valence-corrected chi connectivity index (χ3v) is 3.81. The van der Waals surface area contributed by atoms with Crippen LogP contribution in [0.25, 0.3) is 22.0 Å². The maximum atomic E-state index is 9.49. The van der Waals surface area contributed by atoms with Gasteiger partial charge < -0.3 is 15.8 Å². The minimum atomic E-state index is -0.164. The Morgan fingerprint density at radius 1 is 1.37 bits per heavy atom. The predicted octanol–water partition coefficient (Wildman–Crippen LogP) is 2.94. The molecule has 0 fully saturated rings. The van der Waals surface area contributed by atoms with Crippen LogP contribution in [0.1, 0.15) is 5.69 Å². The fourth-order valence-corrected chi connectivity index (χ4v) is 2.63. The number of nitrogens with one attached hydrogen (secondary N) is 2. The van der Waals surface area contributed by atoms with E-state index in [1.165, 1.54) is 0 Å². The first kappa shape index (κ1) is 12.3. The van der Waals surface area contributed by atoms with Crippen molar-refractivity contribution in [2.75, 3.05) is 5.73 Å². The van der Waals surface area contributed by atoms with Crippen LogP contribution >= 0.6 is 23.2 Å². The second-order valence-electron chi connectivity index (χ2n) is 4.14. The normalized spacial score (nSPS) is 11.3. The lowest BCUT2D eigenvalue weighted by molar-refractivity contribution is 0.278. The van der Waals surface area contributed by atoms with E-state index in [-0.39, 0.29) is 6.61 Å². The first-order chi connectivity index (χ1) is 9.13. The number of hydrogen-bond donors (Lipinski definition) is 4. The van der Waals surface area contributed by atoms with Gasteiger partial charge in [0.05, 0.1) is 28.4 Å². The number of aromatic amines is 2. The molecule has 0 unspecified atom stereocenters. The molecule has 0 saturated heterocycles. The van der Waals surface area contributed by atoms with Gasteiger partial charge >= 0.3 is 0 Å². The van der Waals surface area contributed by atoms with Gasteiger partial charge in [-0.25, -0.2) is 0 Å². The molecule has 3 aromatic rings. The summed E-state index contributed by atoms with van der Waals surface area (Å²) in [5.74, 6) is 0. The number of fused-ring (bicyclic) bond motifs is 1. The Bertz CT molecular complexity index is 749. The lowest BCUT2D eigenvalue weighted by Gasteiger charge is -2.04. The smallest absolute Gasteiger partial charge is 0.0837 e. The van der Waals surface area contributed by atoms with Crippen LogP contribution in [0.3, 0.4) is 0 Å². The highest BCUT2D eigenvalue weighted by Crippen LogP contribution is 2.41. The highest BCUT2D eigenvalue weighted by atomic mass is 35.5. The van der Waals surface area contributed by atoms with Crippen molar-refractivity contribution in [3.63, 3.8) is 0 Å². The summed E-state index contributed by atoms with van der Waals surface area (Å²) in [6.45, 7) is -0.164. The van der Waals surface area contributed by atoms with Gasteiger partial charge in [0.1, 0.15) is 0 Å². The highest BCUT2D eigenvalue weighted by Gasteiger charge is 2.19. The molecule has 0 amide bonds. The summed E-state index contributed by atoms with van der Waals surface area (Å²) >= 11 is 12.2. The maximum absolute atomic E-state index is 9.49. The molecule has 1 aromatic carbocycles. The Balaban J connectivity index is 2.46. The van der Waals surface area contributed by atoms with Gasteiger partial charge in [0, 0.05) is 34.1 Å². The molecular formula is C12H10Cl2N4O. The lowest BCUT2D eigenvalue weighted by Crippen LogP contribution is -1.89. The van der Waals surface area contributed by atoms with Crippen molar-refractivity contribution < 1.29 is 5.11 Å². The SMILES string of the molecule is Nc1cc(Cl)c(Cl)c2[nH]c(CO)c(-c3cn[nH]c3)c12. The van der Waals surface area contributed by atoms with Gasteiger partial charge in [-0.05, 0) is 6.07 Å². The van der Waals surface area contributed by atoms with Crippen LogP contribution in [0, 0.1) is 0 Å². The molecule has 0 aliphatic carbocycles. The molecule has 0 aliphatic rings. The molecule has 0 spiro atoms. The Morgan fingerprint density at radius 2 is 2.16 bits per heavy atom. The molecular weight excluding hydrogens is 287 g/mol. The number of hydrogen-bond acceptors (Lipinski definition) is 3. The number of nitrogen functional groups attached to an aromatic ring is 1. The Labute approximate surface area is 118 Å². The monoisotopic (exact) mass is 296 g/mol. The summed E-state index contributed by atoms with van der Waals surface area (Å²) < 4.78 is 0. The summed E-state index contributed by atoms with van der Waals surface area (Å²) in [6, 6.07) is 1.60. The number of halogens is 2. The van der Waals surface area contributed by atoms with Crippen LogP contribution in [0.2, 0.25) is 10.0 Å². The van der Waals surface area contributed by atoms with E-state index < -0.39 is 0 Å². The number of nitrogens with zero attached hydrogens (tertiary/aromatic N) is 1. The van der Waals surface area contributed by atoms with Crippen molar-refractivity contribution in [2.24, 2.45) is 0 Å². The number of benzene rings is 1. The minimum Gasteiger partial charge on any atom is -0.398 e. The minimum absolute atomic E-state index is 0.164. The average molecular weight is 297 g/mol. The number of rotatable bonds is 2. The fraction of sp³-hybridized carbons (Fsp3) is 0.0833. The van der Waals surface area contributed by atoms with E-state index in [4.69, 9.17) is 28.9 Å². The van der Waals surface area contributed by atoms with E-state index in [1.54, 1.807) is 18.5 Å². The number of nitrogens with two attached hydrogens (primary N) is 1. The van der Waals surface area contributed by atoms with E-state index in [0.29, 0.717) is 26.9 Å². The van der Waals surface area contributed by atoms with E-state index in [2.05, 4.69) is 15.2 Å². The van der Waals surface area contributed by atoms with Crippen LogP contribution < -0.4 is 5.73 Å². The van der Waals surface area contributed by atoms with Gasteiger partial charge in [-0.1, -0.05) is 23.2 Å². The van der Waals surface area contributed by atoms with E-state index in [9.17, 15) is 5.11 Å². The first-order valence-electron chi connectivity index (χ1n) is 5.51. The average Bonchev–Trinajstić information content (AvgIpc) is 3.02. The molecule has 0 saturated carbocycles. The standard InChI is InChI=1S/C12H10Cl2N4O/c13-6-1-7(15)10-9(5-2-16-17-3-5)8(4-19)18-12(10)11(6)14/h1-3,18-19H,4,15H2,(H,16,17). The van der Waals surface area contributed by atoms with Gasteiger partial charge in [-0.15, -0.1) is 0 Å². The van der Waals surface area contributed by atoms with Gasteiger partial charge in [-0.2, -0.15) is 5.10 Å². The van der Waals surface area contributed by atoms with Crippen molar-refractivity contribution in [1.29, 1.82) is 0 Å². The highest BCUT2D eigenvalue weighted by molar-refractivity contribution is 6.46. The lowest BCUT2D eigenvalue weighted by atomic mass is 10.0. The van der Waals surface area contributed by atoms with Gasteiger partial charge in [-0.3, -0.25) is 5.10 Å². The van der Waals surface area contributed by atoms with Crippen LogP contribution in [-0.2, 0) is 6.61 Å². The molecule has 0 aliphatic heterocycles. The Kier molecular flexibility index (Phi) is 2.89. The second kappa shape index (κ2) is 4.45. The van der Waals surface area contributed by atoms with Gasteiger partial charge in [0.25, 0.3) is 0 Å². The molecule has 7 heteroatoms. The summed E-state index contributed by atoms with van der Waals surface area (Å²) in [5, 5.41) is 17.6. The molecule has 5 nitrogen and oxygen atoms in total. The number of aliphatic hydroxyl groups excluding tert-OH is 1.